The van der Waals surface area contributed by atoms with Gasteiger partial charge in [0.25, 0.3) is 0 Å². The highest BCUT2D eigenvalue weighted by atomic mass is 32.1. The maximum Gasteiger partial charge on any atom is 0.343 e. The molecular weight excluding hydrogens is 984 g/mol. The Morgan fingerprint density at radius 2 is 1.10 bits per heavy atom. The number of fused-ring (bicyclic) bond motifs is 15. The van der Waals surface area contributed by atoms with Crippen molar-refractivity contribution in [3.05, 3.63) is 211 Å². The highest BCUT2D eigenvalue weighted by Gasteiger charge is 2.50. The van der Waals surface area contributed by atoms with Crippen LogP contribution >= 0.6 is 22.7 Å². The highest BCUT2D eigenvalue weighted by molar-refractivity contribution is 7.32. The summed E-state index contributed by atoms with van der Waals surface area (Å²) < 4.78 is 12.7. The van der Waals surface area contributed by atoms with E-state index >= 15 is 0 Å². The van der Waals surface area contributed by atoms with Crippen molar-refractivity contribution in [3.63, 3.8) is 0 Å². The molecule has 0 radical (unpaired) electrons. The molecule has 5 heterocycles. The van der Waals surface area contributed by atoms with Crippen molar-refractivity contribution in [2.45, 2.75) is 77.6 Å². The molecule has 6 heteroatoms. The third-order valence-corrected chi connectivity index (χ3v) is 20.3. The van der Waals surface area contributed by atoms with Crippen LogP contribution in [0, 0.1) is 0 Å². The van der Waals surface area contributed by atoms with Crippen LogP contribution in [0.5, 0.6) is 0 Å². The third kappa shape index (κ3) is 6.69. The first kappa shape index (κ1) is 46.2. The average molecular weight is 1040 g/mol. The van der Waals surface area contributed by atoms with Gasteiger partial charge in [-0.25, -0.2) is 0 Å². The SMILES string of the molecule is CC(C)(C)c1ccc(N2c3c(sc4cc5c(cc34)C(C)(C)CCC5(C)C)B3c4c(cc5c(oc6ccccc65)c42)-c2cc4sc5cc6ccccc6cc5c4cc2N3c2ccc(-c3ccccc3)cc2)c(-c2ccccc2)c1. The number of rotatable bonds is 4. The maximum atomic E-state index is 7.44. The van der Waals surface area contributed by atoms with E-state index in [1.165, 1.54) is 113 Å². The zero-order valence-corrected chi connectivity index (χ0v) is 46.7. The Morgan fingerprint density at radius 3 is 1.85 bits per heavy atom. The molecule has 16 rings (SSSR count). The summed E-state index contributed by atoms with van der Waals surface area (Å²) in [5.41, 5.74) is 20.5. The average Bonchev–Trinajstić information content (AvgIpc) is 3.24. The number of thiophene rings is 2. The standard InChI is InChI=1S/C72H57BN2OS2/c1-70(2,3)47-28-31-59(50(36-47)44-20-12-9-13-21-44)74-66-56-38-57-58(72(6,7)33-32-71(57,4)5)41-64(56)78-69(66)73-65-54(37-55-49-24-16-17-25-61(49)76-68(55)67(65)74)51-40-63-53(52-34-45-22-14-15-23-46(45)35-62(52)77-63)39-60(51)75(73)48-29-26-43(27-30-48)42-18-10-8-11-19-42/h8-31,34-41H,32-33H2,1-7H3. The number of para-hydroxylation sites is 1. The second kappa shape index (κ2) is 16.3. The normalized spacial score (nSPS) is 15.4. The molecule has 0 saturated heterocycles. The summed E-state index contributed by atoms with van der Waals surface area (Å²) in [6.45, 7) is 16.7. The maximum absolute atomic E-state index is 7.44. The van der Waals surface area contributed by atoms with Crippen molar-refractivity contribution in [2.75, 3.05) is 9.71 Å². The molecule has 0 atom stereocenters. The smallest absolute Gasteiger partial charge is 0.343 e. The van der Waals surface area contributed by atoms with E-state index in [9.17, 15) is 0 Å². The predicted octanol–water partition coefficient (Wildman–Crippen LogP) is 20.0. The van der Waals surface area contributed by atoms with Crippen LogP contribution in [-0.4, -0.2) is 6.85 Å². The van der Waals surface area contributed by atoms with E-state index in [4.69, 9.17) is 4.42 Å². The van der Waals surface area contributed by atoms with Crippen LogP contribution in [0.3, 0.4) is 0 Å². The van der Waals surface area contributed by atoms with Crippen LogP contribution in [0.15, 0.2) is 199 Å². The van der Waals surface area contributed by atoms with Crippen molar-refractivity contribution in [2.24, 2.45) is 0 Å². The molecule has 0 spiro atoms. The highest BCUT2D eigenvalue weighted by Crippen LogP contribution is 2.57. The van der Waals surface area contributed by atoms with Gasteiger partial charge >= 0.3 is 6.85 Å². The van der Waals surface area contributed by atoms with Crippen molar-refractivity contribution >= 4 is 131 Å². The largest absolute Gasteiger partial charge is 0.454 e. The van der Waals surface area contributed by atoms with Crippen LogP contribution in [0.25, 0.3) is 96.4 Å². The van der Waals surface area contributed by atoms with Gasteiger partial charge in [-0.3, -0.25) is 0 Å². The molecule has 2 aliphatic heterocycles. The molecule has 0 fully saturated rings. The van der Waals surface area contributed by atoms with E-state index in [-0.39, 0.29) is 23.1 Å². The van der Waals surface area contributed by atoms with E-state index < -0.39 is 0 Å². The Labute approximate surface area is 464 Å². The van der Waals surface area contributed by atoms with Crippen LogP contribution in [0.2, 0.25) is 0 Å². The number of benzene rings is 10. The Bertz CT molecular complexity index is 4670. The second-order valence-corrected chi connectivity index (χ2v) is 26.8. The minimum Gasteiger partial charge on any atom is -0.454 e. The number of nitrogens with zero attached hydrogens (tertiary/aromatic N) is 2. The Morgan fingerprint density at radius 1 is 0.474 bits per heavy atom. The molecule has 78 heavy (non-hydrogen) atoms. The molecule has 0 unspecified atom stereocenters. The second-order valence-electron chi connectivity index (χ2n) is 24.7. The zero-order chi connectivity index (χ0) is 52.6. The summed E-state index contributed by atoms with van der Waals surface area (Å²) in [7, 11) is 0. The van der Waals surface area contributed by atoms with Gasteiger partial charge in [-0.1, -0.05) is 170 Å². The lowest BCUT2D eigenvalue weighted by molar-refractivity contribution is 0.332. The number of hydrogen-bond donors (Lipinski definition) is 0. The first-order chi connectivity index (χ1) is 37.8. The van der Waals surface area contributed by atoms with E-state index in [0.29, 0.717) is 0 Å². The first-order valence-corrected chi connectivity index (χ1v) is 29.3. The molecule has 3 nitrogen and oxygen atoms in total. The van der Waals surface area contributed by atoms with E-state index in [2.05, 4.69) is 252 Å². The van der Waals surface area contributed by atoms with Crippen LogP contribution in [0.1, 0.15) is 78.0 Å². The molecule has 0 bridgehead atoms. The molecular formula is C72H57BN2OS2. The van der Waals surface area contributed by atoms with Gasteiger partial charge in [0.2, 0.25) is 0 Å². The number of hydrogen-bond acceptors (Lipinski definition) is 5. The number of anilines is 5. The molecule has 10 aromatic carbocycles. The Balaban J connectivity index is 1.09. The van der Waals surface area contributed by atoms with Gasteiger partial charge in [0.15, 0.2) is 5.58 Å². The molecule has 13 aromatic rings. The van der Waals surface area contributed by atoms with Gasteiger partial charge < -0.3 is 14.1 Å². The van der Waals surface area contributed by atoms with Crippen molar-refractivity contribution in [1.82, 2.24) is 0 Å². The van der Waals surface area contributed by atoms with Crippen molar-refractivity contribution in [3.8, 4) is 33.4 Å². The summed E-state index contributed by atoms with van der Waals surface area (Å²) in [6, 6.07) is 73.7. The minimum absolute atomic E-state index is 0.00428. The lowest BCUT2D eigenvalue weighted by Crippen LogP contribution is -2.60. The third-order valence-electron chi connectivity index (χ3n) is 18.0. The minimum atomic E-state index is -0.207. The Hall–Kier alpha value is -7.90. The lowest BCUT2D eigenvalue weighted by atomic mass is 9.46. The summed E-state index contributed by atoms with van der Waals surface area (Å²) in [5, 5.41) is 8.70. The van der Waals surface area contributed by atoms with Crippen LogP contribution in [-0.2, 0) is 16.2 Å². The fraction of sp³-hybridized carbons (Fsp3) is 0.167. The molecule has 0 amide bonds. The van der Waals surface area contributed by atoms with E-state index in [0.717, 1.165) is 51.8 Å². The molecule has 376 valence electrons. The molecule has 1 aliphatic carbocycles. The monoisotopic (exact) mass is 1040 g/mol. The number of furan rings is 1. The van der Waals surface area contributed by atoms with Crippen molar-refractivity contribution < 1.29 is 4.42 Å². The lowest BCUT2D eigenvalue weighted by Gasteiger charge is -2.45. The fourth-order valence-electron chi connectivity index (χ4n) is 13.7. The van der Waals surface area contributed by atoms with Crippen LogP contribution in [0.4, 0.5) is 28.4 Å². The van der Waals surface area contributed by atoms with Crippen LogP contribution < -0.4 is 20.0 Å². The molecule has 0 N–H and O–H groups in total. The topological polar surface area (TPSA) is 19.6 Å². The quantitative estimate of drug-likeness (QED) is 0.164. The van der Waals surface area contributed by atoms with Gasteiger partial charge in [-0.2, -0.15) is 0 Å². The molecule has 3 aliphatic rings. The first-order valence-electron chi connectivity index (χ1n) is 27.7. The van der Waals surface area contributed by atoms with E-state index in [1.54, 1.807) is 0 Å². The summed E-state index contributed by atoms with van der Waals surface area (Å²) in [6.07, 6.45) is 2.29. The van der Waals surface area contributed by atoms with Gasteiger partial charge in [-0.05, 0) is 157 Å². The predicted molar refractivity (Wildman–Crippen MR) is 338 cm³/mol. The zero-order valence-electron chi connectivity index (χ0n) is 45.1. The Kier molecular flexibility index (Phi) is 9.68. The van der Waals surface area contributed by atoms with Gasteiger partial charge in [0.1, 0.15) is 5.58 Å². The summed E-state index contributed by atoms with van der Waals surface area (Å²) in [5.74, 6) is 0. The summed E-state index contributed by atoms with van der Waals surface area (Å²) in [4.78, 5) is 5.40. The molecule has 0 saturated carbocycles. The fourth-order valence-corrected chi connectivity index (χ4v) is 16.2. The van der Waals surface area contributed by atoms with Gasteiger partial charge in [-0.15, -0.1) is 22.7 Å². The van der Waals surface area contributed by atoms with Gasteiger partial charge in [0, 0.05) is 68.3 Å². The molecule has 3 aromatic heterocycles. The van der Waals surface area contributed by atoms with Crippen molar-refractivity contribution in [1.29, 1.82) is 0 Å². The van der Waals surface area contributed by atoms with Gasteiger partial charge in [0.05, 0.1) is 17.1 Å². The summed E-state index contributed by atoms with van der Waals surface area (Å²) >= 11 is 3.91. The van der Waals surface area contributed by atoms with E-state index in [1.807, 2.05) is 22.7 Å².